The molecule has 14 heavy (non-hydrogen) atoms. The summed E-state index contributed by atoms with van der Waals surface area (Å²) in [6.45, 7) is 5.01. The summed E-state index contributed by atoms with van der Waals surface area (Å²) in [4.78, 5) is 11.5. The van der Waals surface area contributed by atoms with E-state index in [1.165, 1.54) is 0 Å². The summed E-state index contributed by atoms with van der Waals surface area (Å²) < 4.78 is 5.68. The van der Waals surface area contributed by atoms with E-state index < -0.39 is 5.60 Å². The standard InChI is InChI=1S/C10H20N2O2/c1-10(2,7-11)14-8-5-3-4-6-12-9(8)13/h8H,3-7,11H2,1-2H3,(H,12,13). The van der Waals surface area contributed by atoms with Crippen molar-refractivity contribution >= 4 is 5.91 Å². The van der Waals surface area contributed by atoms with E-state index in [1.54, 1.807) is 0 Å². The summed E-state index contributed by atoms with van der Waals surface area (Å²) in [5.74, 6) is 0.00373. The minimum absolute atomic E-state index is 0.00373. The van der Waals surface area contributed by atoms with Gasteiger partial charge in [0, 0.05) is 13.1 Å². The monoisotopic (exact) mass is 200 g/mol. The third kappa shape index (κ3) is 3.27. The van der Waals surface area contributed by atoms with Gasteiger partial charge in [-0.05, 0) is 33.1 Å². The van der Waals surface area contributed by atoms with Crippen LogP contribution in [0.5, 0.6) is 0 Å². The van der Waals surface area contributed by atoms with Gasteiger partial charge in [0.1, 0.15) is 6.10 Å². The molecule has 0 aliphatic carbocycles. The van der Waals surface area contributed by atoms with Crippen molar-refractivity contribution in [3.63, 3.8) is 0 Å². The zero-order valence-corrected chi connectivity index (χ0v) is 9.01. The fourth-order valence-electron chi connectivity index (χ4n) is 1.46. The highest BCUT2D eigenvalue weighted by Crippen LogP contribution is 2.16. The zero-order valence-electron chi connectivity index (χ0n) is 9.01. The predicted molar refractivity (Wildman–Crippen MR) is 54.9 cm³/mol. The van der Waals surface area contributed by atoms with Gasteiger partial charge in [-0.3, -0.25) is 4.79 Å². The van der Waals surface area contributed by atoms with Gasteiger partial charge in [0.2, 0.25) is 5.91 Å². The summed E-state index contributed by atoms with van der Waals surface area (Å²) in [6.07, 6.45) is 2.55. The summed E-state index contributed by atoms with van der Waals surface area (Å²) in [5, 5.41) is 2.84. The molecule has 1 rings (SSSR count). The largest absolute Gasteiger partial charge is 0.361 e. The second kappa shape index (κ2) is 4.75. The van der Waals surface area contributed by atoms with Crippen molar-refractivity contribution < 1.29 is 9.53 Å². The Hall–Kier alpha value is -0.610. The van der Waals surface area contributed by atoms with Crippen LogP contribution in [-0.4, -0.2) is 30.7 Å². The summed E-state index contributed by atoms with van der Waals surface area (Å²) in [6, 6.07) is 0. The van der Waals surface area contributed by atoms with Crippen molar-refractivity contribution in [2.75, 3.05) is 13.1 Å². The van der Waals surface area contributed by atoms with E-state index in [4.69, 9.17) is 10.5 Å². The number of hydrogen-bond acceptors (Lipinski definition) is 3. The van der Waals surface area contributed by atoms with Gasteiger partial charge in [-0.15, -0.1) is 0 Å². The van der Waals surface area contributed by atoms with E-state index in [-0.39, 0.29) is 12.0 Å². The molecule has 0 bridgehead atoms. The molecule has 0 aromatic carbocycles. The predicted octanol–water partition coefficient (Wildman–Crippen LogP) is 0.409. The Balaban J connectivity index is 2.52. The highest BCUT2D eigenvalue weighted by atomic mass is 16.5. The van der Waals surface area contributed by atoms with Gasteiger partial charge >= 0.3 is 0 Å². The van der Waals surface area contributed by atoms with Crippen molar-refractivity contribution in [1.82, 2.24) is 5.32 Å². The number of ether oxygens (including phenoxy) is 1. The Morgan fingerprint density at radius 2 is 2.29 bits per heavy atom. The zero-order chi connectivity index (χ0) is 10.6. The minimum atomic E-state index is -0.410. The number of rotatable bonds is 3. The summed E-state index contributed by atoms with van der Waals surface area (Å²) >= 11 is 0. The normalized spacial score (nSPS) is 24.2. The van der Waals surface area contributed by atoms with Crippen LogP contribution in [0.1, 0.15) is 33.1 Å². The SMILES string of the molecule is CC(C)(CN)OC1CCCCNC1=O. The first-order valence-electron chi connectivity index (χ1n) is 5.21. The first-order chi connectivity index (χ1) is 6.55. The maximum absolute atomic E-state index is 11.5. The van der Waals surface area contributed by atoms with Crippen LogP contribution < -0.4 is 11.1 Å². The second-order valence-electron chi connectivity index (χ2n) is 4.36. The molecule has 0 spiro atoms. The van der Waals surface area contributed by atoms with Crippen LogP contribution in [0.3, 0.4) is 0 Å². The number of carbonyl (C=O) groups excluding carboxylic acids is 1. The topological polar surface area (TPSA) is 64.3 Å². The van der Waals surface area contributed by atoms with Crippen LogP contribution in [0, 0.1) is 0 Å². The average molecular weight is 200 g/mol. The number of amides is 1. The molecule has 1 atom stereocenters. The Labute approximate surface area is 85.2 Å². The van der Waals surface area contributed by atoms with Crippen LogP contribution in [0.4, 0.5) is 0 Å². The molecule has 4 nitrogen and oxygen atoms in total. The van der Waals surface area contributed by atoms with Crippen molar-refractivity contribution in [2.24, 2.45) is 5.73 Å². The highest BCUT2D eigenvalue weighted by molar-refractivity contribution is 5.80. The summed E-state index contributed by atoms with van der Waals surface area (Å²) in [7, 11) is 0. The Bertz CT molecular complexity index is 204. The third-order valence-corrected chi connectivity index (χ3v) is 2.44. The molecule has 1 aliphatic heterocycles. The lowest BCUT2D eigenvalue weighted by atomic mass is 10.1. The van der Waals surface area contributed by atoms with Crippen LogP contribution in [0.25, 0.3) is 0 Å². The smallest absolute Gasteiger partial charge is 0.249 e. The molecule has 4 heteroatoms. The number of hydrogen-bond donors (Lipinski definition) is 2. The van der Waals surface area contributed by atoms with Gasteiger partial charge in [-0.1, -0.05) is 0 Å². The van der Waals surface area contributed by atoms with E-state index in [9.17, 15) is 4.79 Å². The van der Waals surface area contributed by atoms with E-state index >= 15 is 0 Å². The van der Waals surface area contributed by atoms with Gasteiger partial charge in [-0.2, -0.15) is 0 Å². The van der Waals surface area contributed by atoms with Crippen LogP contribution >= 0.6 is 0 Å². The van der Waals surface area contributed by atoms with Gasteiger partial charge in [0.05, 0.1) is 5.60 Å². The molecule has 0 radical (unpaired) electrons. The molecule has 0 aromatic heterocycles. The first-order valence-corrected chi connectivity index (χ1v) is 5.21. The molecule has 1 saturated heterocycles. The van der Waals surface area contributed by atoms with Crippen molar-refractivity contribution in [1.29, 1.82) is 0 Å². The number of nitrogens with one attached hydrogen (secondary N) is 1. The van der Waals surface area contributed by atoms with Gasteiger partial charge in [0.15, 0.2) is 0 Å². The maximum atomic E-state index is 11.5. The first kappa shape index (κ1) is 11.5. The molecule has 1 fully saturated rings. The molecule has 1 aliphatic rings. The fraction of sp³-hybridized carbons (Fsp3) is 0.900. The molecule has 82 valence electrons. The second-order valence-corrected chi connectivity index (χ2v) is 4.36. The quantitative estimate of drug-likeness (QED) is 0.693. The van der Waals surface area contributed by atoms with Gasteiger partial charge in [0.25, 0.3) is 0 Å². The molecule has 0 aromatic rings. The van der Waals surface area contributed by atoms with Crippen molar-refractivity contribution in [3.8, 4) is 0 Å². The van der Waals surface area contributed by atoms with Crippen molar-refractivity contribution in [2.45, 2.75) is 44.8 Å². The lowest BCUT2D eigenvalue weighted by molar-refractivity contribution is -0.142. The molecule has 1 heterocycles. The number of nitrogens with two attached hydrogens (primary N) is 1. The van der Waals surface area contributed by atoms with Gasteiger partial charge < -0.3 is 15.8 Å². The molecule has 1 unspecified atom stereocenters. The Morgan fingerprint density at radius 1 is 1.57 bits per heavy atom. The minimum Gasteiger partial charge on any atom is -0.361 e. The van der Waals surface area contributed by atoms with E-state index in [0.29, 0.717) is 6.54 Å². The molecule has 1 amide bonds. The fourth-order valence-corrected chi connectivity index (χ4v) is 1.46. The number of carbonyl (C=O) groups is 1. The molecular weight excluding hydrogens is 180 g/mol. The third-order valence-electron chi connectivity index (χ3n) is 2.44. The Kier molecular flexibility index (Phi) is 3.89. The average Bonchev–Trinajstić information content (AvgIpc) is 2.32. The molecular formula is C10H20N2O2. The van der Waals surface area contributed by atoms with Crippen LogP contribution in [-0.2, 0) is 9.53 Å². The van der Waals surface area contributed by atoms with Crippen LogP contribution in [0.2, 0.25) is 0 Å². The summed E-state index contributed by atoms with van der Waals surface area (Å²) in [5.41, 5.74) is 5.14. The van der Waals surface area contributed by atoms with Gasteiger partial charge in [-0.25, -0.2) is 0 Å². The lowest BCUT2D eigenvalue weighted by Crippen LogP contribution is -2.43. The van der Waals surface area contributed by atoms with E-state index in [0.717, 1.165) is 25.8 Å². The van der Waals surface area contributed by atoms with E-state index in [2.05, 4.69) is 5.32 Å². The highest BCUT2D eigenvalue weighted by Gasteiger charge is 2.28. The van der Waals surface area contributed by atoms with Crippen molar-refractivity contribution in [3.05, 3.63) is 0 Å². The van der Waals surface area contributed by atoms with Crippen LogP contribution in [0.15, 0.2) is 0 Å². The van der Waals surface area contributed by atoms with E-state index in [1.807, 2.05) is 13.8 Å². The molecule has 0 saturated carbocycles. The lowest BCUT2D eigenvalue weighted by Gasteiger charge is -2.28. The molecule has 3 N–H and O–H groups in total. The maximum Gasteiger partial charge on any atom is 0.249 e. The Morgan fingerprint density at radius 3 is 2.93 bits per heavy atom.